The van der Waals surface area contributed by atoms with E-state index in [4.69, 9.17) is 14.2 Å². The molecule has 0 unspecified atom stereocenters. The number of benzene rings is 1. The molecular formula is C24H32N4O5. The molecule has 2 rings (SSSR count). The molecule has 1 aromatic heterocycles. The second kappa shape index (κ2) is 10.3. The number of hydrogen-bond donors (Lipinski definition) is 2. The van der Waals surface area contributed by atoms with Crippen molar-refractivity contribution in [1.82, 2.24) is 10.3 Å². The fourth-order valence-corrected chi connectivity index (χ4v) is 2.66. The first kappa shape index (κ1) is 25.6. The number of nitrogens with one attached hydrogen (secondary N) is 2. The van der Waals surface area contributed by atoms with Crippen molar-refractivity contribution in [2.75, 3.05) is 12.4 Å². The molecule has 0 aliphatic heterocycles. The molecule has 0 bridgehead atoms. The number of anilines is 1. The summed E-state index contributed by atoms with van der Waals surface area (Å²) in [7, 11) is 1.59. The molecule has 0 atom stereocenters. The summed E-state index contributed by atoms with van der Waals surface area (Å²) in [6.45, 7) is 12.3. The van der Waals surface area contributed by atoms with Crippen molar-refractivity contribution in [3.05, 3.63) is 42.1 Å². The average molecular weight is 457 g/mol. The topological polar surface area (TPSA) is 111 Å². The number of rotatable bonds is 3. The van der Waals surface area contributed by atoms with E-state index in [0.29, 0.717) is 17.1 Å². The van der Waals surface area contributed by atoms with Crippen LogP contribution >= 0.6 is 0 Å². The highest BCUT2D eigenvalue weighted by Gasteiger charge is 2.20. The lowest BCUT2D eigenvalue weighted by atomic mass is 10.0. The summed E-state index contributed by atoms with van der Waals surface area (Å²) in [4.78, 5) is 32.9. The van der Waals surface area contributed by atoms with Crippen LogP contribution in [0.1, 0.15) is 47.1 Å². The van der Waals surface area contributed by atoms with Crippen LogP contribution in [0.15, 0.2) is 41.5 Å². The predicted molar refractivity (Wildman–Crippen MR) is 128 cm³/mol. The monoisotopic (exact) mass is 456 g/mol. The number of hydrogen-bond acceptors (Lipinski definition) is 6. The smallest absolute Gasteiger partial charge is 0.437 e. The Hall–Kier alpha value is -3.62. The van der Waals surface area contributed by atoms with E-state index >= 15 is 0 Å². The Morgan fingerprint density at radius 1 is 0.970 bits per heavy atom. The number of nitrogens with zero attached hydrogens (tertiary/aromatic N) is 2. The number of amides is 2. The van der Waals surface area contributed by atoms with Gasteiger partial charge < -0.3 is 19.5 Å². The Bertz CT molecular complexity index is 1040. The minimum absolute atomic E-state index is 0.132. The third kappa shape index (κ3) is 8.80. The van der Waals surface area contributed by atoms with Crippen molar-refractivity contribution >= 4 is 23.8 Å². The van der Waals surface area contributed by atoms with Crippen LogP contribution in [-0.2, 0) is 9.47 Å². The molecule has 0 saturated carbocycles. The van der Waals surface area contributed by atoms with Crippen LogP contribution in [0.2, 0.25) is 0 Å². The fourth-order valence-electron chi connectivity index (χ4n) is 2.66. The van der Waals surface area contributed by atoms with Gasteiger partial charge in [0.05, 0.1) is 12.8 Å². The van der Waals surface area contributed by atoms with Crippen molar-refractivity contribution < 1.29 is 23.8 Å². The summed E-state index contributed by atoms with van der Waals surface area (Å²) in [5.41, 5.74) is 1.63. The minimum Gasteiger partial charge on any atom is -0.497 e. The number of aromatic nitrogens is 1. The molecule has 9 nitrogen and oxygen atoms in total. The number of pyridine rings is 1. The zero-order valence-corrected chi connectivity index (χ0v) is 20.4. The zero-order valence-electron chi connectivity index (χ0n) is 20.4. The summed E-state index contributed by atoms with van der Waals surface area (Å²) >= 11 is 0. The van der Waals surface area contributed by atoms with E-state index in [-0.39, 0.29) is 5.96 Å². The van der Waals surface area contributed by atoms with Gasteiger partial charge in [-0.3, -0.25) is 10.3 Å². The van der Waals surface area contributed by atoms with Crippen LogP contribution in [0.4, 0.5) is 15.3 Å². The summed E-state index contributed by atoms with van der Waals surface area (Å²) < 4.78 is 15.8. The van der Waals surface area contributed by atoms with Gasteiger partial charge >= 0.3 is 12.2 Å². The number of ether oxygens (including phenoxy) is 3. The third-order valence-electron chi connectivity index (χ3n) is 3.96. The molecule has 0 aliphatic carbocycles. The summed E-state index contributed by atoms with van der Waals surface area (Å²) in [5, 5.41) is 5.43. The lowest BCUT2D eigenvalue weighted by molar-refractivity contribution is 0.0562. The molecule has 1 heterocycles. The van der Waals surface area contributed by atoms with Crippen LogP contribution in [0.25, 0.3) is 11.3 Å². The van der Waals surface area contributed by atoms with Crippen molar-refractivity contribution in [1.29, 1.82) is 0 Å². The molecule has 2 N–H and O–H groups in total. The summed E-state index contributed by atoms with van der Waals surface area (Å²) in [5.74, 6) is 0.545. The van der Waals surface area contributed by atoms with Crippen LogP contribution in [0, 0.1) is 6.92 Å². The number of alkyl carbamates (subject to hydrolysis) is 1. The van der Waals surface area contributed by atoms with Crippen LogP contribution < -0.4 is 15.4 Å². The van der Waals surface area contributed by atoms with Crippen LogP contribution in [0.3, 0.4) is 0 Å². The van der Waals surface area contributed by atoms with Gasteiger partial charge in [0.1, 0.15) is 17.0 Å². The van der Waals surface area contributed by atoms with Crippen molar-refractivity contribution in [2.24, 2.45) is 4.99 Å². The molecule has 0 fully saturated rings. The Morgan fingerprint density at radius 2 is 1.64 bits per heavy atom. The normalized spacial score (nSPS) is 12.1. The summed E-state index contributed by atoms with van der Waals surface area (Å²) in [6.07, 6.45) is 0.0367. The molecule has 2 amide bonds. The van der Waals surface area contributed by atoms with E-state index in [1.165, 1.54) is 0 Å². The van der Waals surface area contributed by atoms with Gasteiger partial charge in [-0.2, -0.15) is 0 Å². The maximum Gasteiger partial charge on any atom is 0.437 e. The molecule has 178 valence electrons. The Balaban J connectivity index is 2.36. The molecule has 0 aliphatic rings. The maximum atomic E-state index is 12.3. The number of carbonyl (C=O) groups is 2. The maximum absolute atomic E-state index is 12.3. The van der Waals surface area contributed by atoms with E-state index in [9.17, 15) is 9.59 Å². The van der Waals surface area contributed by atoms with Gasteiger partial charge in [-0.05, 0) is 72.2 Å². The van der Waals surface area contributed by atoms with Gasteiger partial charge in [-0.15, -0.1) is 4.99 Å². The number of carbonyl (C=O) groups excluding carboxylic acids is 2. The van der Waals surface area contributed by atoms with E-state index in [1.54, 1.807) is 67.0 Å². The second-order valence-corrected chi connectivity index (χ2v) is 9.30. The van der Waals surface area contributed by atoms with E-state index in [2.05, 4.69) is 20.6 Å². The third-order valence-corrected chi connectivity index (χ3v) is 3.96. The quantitative estimate of drug-likeness (QED) is 0.476. The van der Waals surface area contributed by atoms with Crippen molar-refractivity contribution in [3.63, 3.8) is 0 Å². The minimum atomic E-state index is -0.858. The highest BCUT2D eigenvalue weighted by atomic mass is 16.6. The molecule has 33 heavy (non-hydrogen) atoms. The fraction of sp³-hybridized carbons (Fsp3) is 0.417. The molecule has 9 heteroatoms. The van der Waals surface area contributed by atoms with Gasteiger partial charge in [-0.1, -0.05) is 6.07 Å². The zero-order chi connectivity index (χ0) is 24.8. The molecular weight excluding hydrogens is 424 g/mol. The highest BCUT2D eigenvalue weighted by molar-refractivity contribution is 6.06. The Kier molecular flexibility index (Phi) is 8.03. The largest absolute Gasteiger partial charge is 0.497 e. The van der Waals surface area contributed by atoms with Crippen LogP contribution in [-0.4, -0.2) is 41.4 Å². The van der Waals surface area contributed by atoms with Gasteiger partial charge in [0.25, 0.3) is 0 Å². The van der Waals surface area contributed by atoms with Gasteiger partial charge in [0.15, 0.2) is 0 Å². The van der Waals surface area contributed by atoms with Gasteiger partial charge in [-0.25, -0.2) is 9.59 Å². The molecule has 0 radical (unpaired) electrons. The second-order valence-electron chi connectivity index (χ2n) is 9.30. The standard InChI is InChI=1S/C24H32N4O5/c1-15-9-10-16(13-18(15)19-14-17(31-8)11-12-25-19)26-20(27-21(29)32-23(2,3)4)28-22(30)33-24(5,6)7/h9-14H,1-8H3,(H2,26,27,28,29,30). The summed E-state index contributed by atoms with van der Waals surface area (Å²) in [6, 6.07) is 9.09. The molecule has 2 aromatic rings. The van der Waals surface area contributed by atoms with E-state index in [1.807, 2.05) is 25.1 Å². The number of aliphatic imine (C=N–C) groups is 1. The van der Waals surface area contributed by atoms with E-state index in [0.717, 1.165) is 11.1 Å². The first-order valence-corrected chi connectivity index (χ1v) is 10.5. The lowest BCUT2D eigenvalue weighted by Gasteiger charge is -2.21. The molecule has 0 spiro atoms. The highest BCUT2D eigenvalue weighted by Crippen LogP contribution is 2.27. The first-order valence-electron chi connectivity index (χ1n) is 10.5. The van der Waals surface area contributed by atoms with Crippen molar-refractivity contribution in [3.8, 4) is 17.0 Å². The van der Waals surface area contributed by atoms with Crippen LogP contribution in [0.5, 0.6) is 5.75 Å². The SMILES string of the molecule is COc1ccnc(-c2cc(NC(=NC(=O)OC(C)(C)C)NC(=O)OC(C)(C)C)ccc2C)c1. The number of guanidine groups is 1. The predicted octanol–water partition coefficient (Wildman–Crippen LogP) is 5.29. The Labute approximate surface area is 194 Å². The molecule has 1 aromatic carbocycles. The first-order chi connectivity index (χ1) is 15.3. The lowest BCUT2D eigenvalue weighted by Crippen LogP contribution is -2.40. The average Bonchev–Trinajstić information content (AvgIpc) is 2.66. The van der Waals surface area contributed by atoms with Gasteiger partial charge in [0, 0.05) is 23.5 Å². The number of methoxy groups -OCH3 is 1. The molecule has 0 saturated heterocycles. The number of aryl methyl sites for hydroxylation is 1. The van der Waals surface area contributed by atoms with Gasteiger partial charge in [0.2, 0.25) is 5.96 Å². The van der Waals surface area contributed by atoms with E-state index < -0.39 is 23.4 Å². The van der Waals surface area contributed by atoms with Crippen molar-refractivity contribution in [2.45, 2.75) is 59.7 Å². The Morgan fingerprint density at radius 3 is 2.24 bits per heavy atom.